The topological polar surface area (TPSA) is 95.6 Å². The Labute approximate surface area is 129 Å². The highest BCUT2D eigenvalue weighted by Crippen LogP contribution is 2.24. The number of hydrogen-bond donors (Lipinski definition) is 1. The molecule has 110 valence electrons. The van der Waals surface area contributed by atoms with Crippen molar-refractivity contribution in [3.05, 3.63) is 29.2 Å². The predicted octanol–water partition coefficient (Wildman–Crippen LogP) is 1.95. The molecule has 0 aliphatic heterocycles. The molecular formula is C12H14N6OS2. The van der Waals surface area contributed by atoms with Gasteiger partial charge < -0.3 is 14.8 Å². The van der Waals surface area contributed by atoms with Crippen LogP contribution >= 0.6 is 23.1 Å². The molecule has 0 unspecified atom stereocenters. The zero-order chi connectivity index (χ0) is 14.7. The third kappa shape index (κ3) is 3.14. The number of thioether (sulfide) groups is 1. The molecule has 3 rings (SSSR count). The smallest absolute Gasteiger partial charge is 0.237 e. The van der Waals surface area contributed by atoms with Crippen LogP contribution in [0.2, 0.25) is 0 Å². The lowest BCUT2D eigenvalue weighted by Crippen LogP contribution is -2.12. The van der Waals surface area contributed by atoms with E-state index in [4.69, 9.17) is 10.3 Å². The summed E-state index contributed by atoms with van der Waals surface area (Å²) in [5, 5.41) is 15.0. The lowest BCUT2D eigenvalue weighted by atomic mass is 10.4. The zero-order valence-electron chi connectivity index (χ0n) is 11.4. The molecule has 3 heterocycles. The van der Waals surface area contributed by atoms with Crippen LogP contribution in [0.1, 0.15) is 11.7 Å². The summed E-state index contributed by atoms with van der Waals surface area (Å²) in [5.41, 5.74) is 5.60. The van der Waals surface area contributed by atoms with Crippen molar-refractivity contribution in [2.24, 2.45) is 5.73 Å². The summed E-state index contributed by atoms with van der Waals surface area (Å²) in [6, 6.07) is 3.93. The van der Waals surface area contributed by atoms with Gasteiger partial charge in [-0.05, 0) is 18.4 Å². The Balaban J connectivity index is 1.68. The lowest BCUT2D eigenvalue weighted by molar-refractivity contribution is 0.391. The van der Waals surface area contributed by atoms with Crippen LogP contribution < -0.4 is 5.73 Å². The van der Waals surface area contributed by atoms with E-state index in [0.717, 1.165) is 15.9 Å². The molecule has 0 radical (unpaired) electrons. The second-order valence-electron chi connectivity index (χ2n) is 4.25. The summed E-state index contributed by atoms with van der Waals surface area (Å²) in [7, 11) is 0. The predicted molar refractivity (Wildman–Crippen MR) is 81.0 cm³/mol. The number of rotatable bonds is 6. The van der Waals surface area contributed by atoms with E-state index >= 15 is 0 Å². The van der Waals surface area contributed by atoms with Crippen LogP contribution in [-0.2, 0) is 12.3 Å². The van der Waals surface area contributed by atoms with Crippen molar-refractivity contribution in [3.63, 3.8) is 0 Å². The third-order valence-electron chi connectivity index (χ3n) is 2.79. The van der Waals surface area contributed by atoms with Crippen molar-refractivity contribution in [2.45, 2.75) is 24.4 Å². The molecule has 3 aromatic heterocycles. The Morgan fingerprint density at radius 1 is 1.43 bits per heavy atom. The van der Waals surface area contributed by atoms with Gasteiger partial charge in [-0.25, -0.2) is 0 Å². The largest absolute Gasteiger partial charge is 0.338 e. The van der Waals surface area contributed by atoms with E-state index in [2.05, 4.69) is 20.3 Å². The fraction of sp³-hybridized carbons (Fsp3) is 0.333. The van der Waals surface area contributed by atoms with Crippen molar-refractivity contribution >= 4 is 23.1 Å². The Morgan fingerprint density at radius 2 is 2.33 bits per heavy atom. The van der Waals surface area contributed by atoms with Gasteiger partial charge >= 0.3 is 0 Å². The van der Waals surface area contributed by atoms with Crippen molar-refractivity contribution in [2.75, 3.05) is 6.54 Å². The minimum atomic E-state index is 0.551. The average Bonchev–Trinajstić information content (AvgIpc) is 3.19. The summed E-state index contributed by atoms with van der Waals surface area (Å²) >= 11 is 3.10. The van der Waals surface area contributed by atoms with Gasteiger partial charge in [-0.1, -0.05) is 23.0 Å². The minimum Gasteiger partial charge on any atom is -0.338 e. The molecule has 0 saturated heterocycles. The standard InChI is InChI=1S/C12H14N6OS2/c1-8-15-16-12(18(8)5-4-13)21-7-10-14-11(17-19-10)9-3-2-6-20-9/h2-3,6H,4-5,7,13H2,1H3. The summed E-state index contributed by atoms with van der Waals surface area (Å²) in [6.07, 6.45) is 0. The Hall–Kier alpha value is -1.71. The van der Waals surface area contributed by atoms with Crippen LogP contribution in [0.15, 0.2) is 27.2 Å². The van der Waals surface area contributed by atoms with Gasteiger partial charge in [0.1, 0.15) is 5.82 Å². The van der Waals surface area contributed by atoms with Gasteiger partial charge in [0.15, 0.2) is 5.16 Å². The first kappa shape index (κ1) is 14.2. The number of thiophene rings is 1. The fourth-order valence-corrected chi connectivity index (χ4v) is 3.30. The SMILES string of the molecule is Cc1nnc(SCc2nc(-c3cccs3)no2)n1CCN. The molecule has 0 amide bonds. The van der Waals surface area contributed by atoms with E-state index in [1.165, 1.54) is 11.8 Å². The Morgan fingerprint density at radius 3 is 3.10 bits per heavy atom. The van der Waals surface area contributed by atoms with Crippen molar-refractivity contribution < 1.29 is 4.52 Å². The van der Waals surface area contributed by atoms with Crippen LogP contribution in [0.25, 0.3) is 10.7 Å². The van der Waals surface area contributed by atoms with Crippen molar-refractivity contribution in [1.82, 2.24) is 24.9 Å². The minimum absolute atomic E-state index is 0.551. The number of nitrogens with zero attached hydrogens (tertiary/aromatic N) is 5. The molecule has 3 aromatic rings. The second-order valence-corrected chi connectivity index (χ2v) is 6.14. The molecule has 0 bridgehead atoms. The van der Waals surface area contributed by atoms with E-state index in [1.807, 2.05) is 29.0 Å². The highest BCUT2D eigenvalue weighted by atomic mass is 32.2. The molecule has 21 heavy (non-hydrogen) atoms. The molecule has 0 aromatic carbocycles. The first-order chi connectivity index (χ1) is 10.3. The highest BCUT2D eigenvalue weighted by Gasteiger charge is 2.13. The fourth-order valence-electron chi connectivity index (χ4n) is 1.80. The van der Waals surface area contributed by atoms with E-state index in [1.54, 1.807) is 11.3 Å². The summed E-state index contributed by atoms with van der Waals surface area (Å²) in [6.45, 7) is 3.16. The van der Waals surface area contributed by atoms with E-state index < -0.39 is 0 Å². The number of hydrogen-bond acceptors (Lipinski definition) is 8. The third-order valence-corrected chi connectivity index (χ3v) is 4.61. The van der Waals surface area contributed by atoms with Crippen LogP contribution in [0.5, 0.6) is 0 Å². The summed E-state index contributed by atoms with van der Waals surface area (Å²) < 4.78 is 7.25. The van der Waals surface area contributed by atoms with Crippen LogP contribution in [-0.4, -0.2) is 31.4 Å². The van der Waals surface area contributed by atoms with Crippen molar-refractivity contribution in [3.8, 4) is 10.7 Å². The molecule has 0 atom stereocenters. The number of aryl methyl sites for hydroxylation is 1. The molecule has 0 spiro atoms. The van der Waals surface area contributed by atoms with Gasteiger partial charge in [-0.15, -0.1) is 21.5 Å². The molecule has 0 aliphatic carbocycles. The summed E-state index contributed by atoms with van der Waals surface area (Å²) in [4.78, 5) is 5.38. The normalized spacial score (nSPS) is 11.1. The monoisotopic (exact) mass is 322 g/mol. The van der Waals surface area contributed by atoms with Crippen LogP contribution in [0, 0.1) is 6.92 Å². The molecule has 7 nitrogen and oxygen atoms in total. The molecule has 0 aliphatic rings. The van der Waals surface area contributed by atoms with Gasteiger partial charge in [-0.3, -0.25) is 0 Å². The molecule has 9 heteroatoms. The maximum atomic E-state index is 5.60. The second kappa shape index (κ2) is 6.37. The highest BCUT2D eigenvalue weighted by molar-refractivity contribution is 7.98. The maximum Gasteiger partial charge on any atom is 0.237 e. The van der Waals surface area contributed by atoms with Crippen LogP contribution in [0.4, 0.5) is 0 Å². The quantitative estimate of drug-likeness (QED) is 0.693. The van der Waals surface area contributed by atoms with Gasteiger partial charge in [0.2, 0.25) is 11.7 Å². The van der Waals surface area contributed by atoms with Crippen molar-refractivity contribution in [1.29, 1.82) is 0 Å². The zero-order valence-corrected chi connectivity index (χ0v) is 13.0. The van der Waals surface area contributed by atoms with E-state index in [9.17, 15) is 0 Å². The maximum absolute atomic E-state index is 5.60. The first-order valence-corrected chi connectivity index (χ1v) is 8.23. The average molecular weight is 322 g/mol. The molecule has 0 fully saturated rings. The molecule has 2 N–H and O–H groups in total. The Kier molecular flexibility index (Phi) is 4.32. The van der Waals surface area contributed by atoms with E-state index in [0.29, 0.717) is 30.6 Å². The van der Waals surface area contributed by atoms with E-state index in [-0.39, 0.29) is 0 Å². The molecular weight excluding hydrogens is 308 g/mol. The van der Waals surface area contributed by atoms with Crippen LogP contribution in [0.3, 0.4) is 0 Å². The van der Waals surface area contributed by atoms with Gasteiger partial charge in [-0.2, -0.15) is 4.98 Å². The lowest BCUT2D eigenvalue weighted by Gasteiger charge is -2.04. The number of nitrogens with two attached hydrogens (primary N) is 1. The number of aromatic nitrogens is 5. The first-order valence-electron chi connectivity index (χ1n) is 6.37. The Bertz CT molecular complexity index is 705. The summed E-state index contributed by atoms with van der Waals surface area (Å²) in [5.74, 6) is 2.61. The molecule has 0 saturated carbocycles. The van der Waals surface area contributed by atoms with Gasteiger partial charge in [0.25, 0.3) is 0 Å². The van der Waals surface area contributed by atoms with Gasteiger partial charge in [0.05, 0.1) is 10.6 Å². The van der Waals surface area contributed by atoms with Gasteiger partial charge in [0, 0.05) is 13.1 Å².